The number of hydrogen-bond donors (Lipinski definition) is 2. The number of nitrogens with zero attached hydrogens (tertiary/aromatic N) is 1. The Morgan fingerprint density at radius 2 is 2.27 bits per heavy atom. The Balaban J connectivity index is 3.58. The Kier molecular flexibility index (Phi) is 7.85. The highest BCUT2D eigenvalue weighted by atomic mass is 32.2. The van der Waals surface area contributed by atoms with Gasteiger partial charge in [0, 0.05) is 11.9 Å². The van der Waals surface area contributed by atoms with Crippen molar-refractivity contribution in [2.24, 2.45) is 5.73 Å². The lowest BCUT2D eigenvalue weighted by molar-refractivity contribution is 0.289. The van der Waals surface area contributed by atoms with E-state index in [9.17, 15) is 0 Å². The molecule has 0 spiro atoms. The summed E-state index contributed by atoms with van der Waals surface area (Å²) in [5.74, 6) is 1.02. The van der Waals surface area contributed by atoms with Crippen LogP contribution in [-0.2, 0) is 0 Å². The molecule has 88 valence electrons. The first-order valence-electron chi connectivity index (χ1n) is 5.50. The van der Waals surface area contributed by atoms with E-state index < -0.39 is 5.54 Å². The molecule has 0 saturated carbocycles. The monoisotopic (exact) mass is 230 g/mol. The first-order chi connectivity index (χ1) is 7.08. The number of rotatable bonds is 8. The van der Waals surface area contributed by atoms with Gasteiger partial charge >= 0.3 is 0 Å². The highest BCUT2D eigenvalue weighted by Crippen LogP contribution is 2.19. The molecule has 0 aliphatic rings. The highest BCUT2D eigenvalue weighted by Gasteiger charge is 2.20. The molecule has 0 bridgehead atoms. The molecule has 0 aromatic carbocycles. The van der Waals surface area contributed by atoms with Crippen LogP contribution in [0, 0.1) is 11.3 Å². The molecule has 3 nitrogen and oxygen atoms in total. The number of aliphatic hydroxyl groups excluding tert-OH is 1. The van der Waals surface area contributed by atoms with Gasteiger partial charge in [-0.15, -0.1) is 0 Å². The van der Waals surface area contributed by atoms with Gasteiger partial charge in [-0.2, -0.15) is 17.0 Å². The average molecular weight is 230 g/mol. The molecular weight excluding hydrogens is 208 g/mol. The van der Waals surface area contributed by atoms with Gasteiger partial charge in [0.15, 0.2) is 0 Å². The van der Waals surface area contributed by atoms with Crippen molar-refractivity contribution in [3.05, 3.63) is 0 Å². The number of nitrogens with two attached hydrogens (primary N) is 1. The van der Waals surface area contributed by atoms with Crippen molar-refractivity contribution in [2.75, 3.05) is 12.4 Å². The summed E-state index contributed by atoms with van der Waals surface area (Å²) in [6.07, 6.45) is 3.28. The molecule has 3 N–H and O–H groups in total. The Hall–Kier alpha value is -0.240. The fraction of sp³-hybridized carbons (Fsp3) is 0.909. The summed E-state index contributed by atoms with van der Waals surface area (Å²) in [7, 11) is 0. The number of aliphatic hydroxyl groups is 1. The molecule has 0 amide bonds. The molecule has 0 aliphatic heterocycles. The van der Waals surface area contributed by atoms with Gasteiger partial charge < -0.3 is 10.8 Å². The van der Waals surface area contributed by atoms with Gasteiger partial charge in [-0.1, -0.05) is 13.8 Å². The maximum atomic E-state index is 8.86. The summed E-state index contributed by atoms with van der Waals surface area (Å²) >= 11 is 1.84. The molecule has 0 aliphatic carbocycles. The smallest absolute Gasteiger partial charge is 0.104 e. The Bertz CT molecular complexity index is 205. The second-order valence-electron chi connectivity index (χ2n) is 3.92. The predicted molar refractivity (Wildman–Crippen MR) is 65.7 cm³/mol. The standard InChI is InChI=1S/C11H22N2OS/c1-3-11(13,9-12)6-4-8-15-10(2)5-7-14/h10,14H,3-8,13H2,1-2H3. The van der Waals surface area contributed by atoms with Crippen LogP contribution in [0.3, 0.4) is 0 Å². The largest absolute Gasteiger partial charge is 0.396 e. The van der Waals surface area contributed by atoms with E-state index in [1.165, 1.54) is 0 Å². The van der Waals surface area contributed by atoms with Gasteiger partial charge in [0.2, 0.25) is 0 Å². The number of hydrogen-bond acceptors (Lipinski definition) is 4. The summed E-state index contributed by atoms with van der Waals surface area (Å²) in [4.78, 5) is 0. The van der Waals surface area contributed by atoms with Gasteiger partial charge in [-0.25, -0.2) is 0 Å². The zero-order valence-electron chi connectivity index (χ0n) is 9.70. The third-order valence-corrected chi connectivity index (χ3v) is 3.89. The van der Waals surface area contributed by atoms with E-state index in [1.807, 2.05) is 18.7 Å². The first-order valence-corrected chi connectivity index (χ1v) is 6.55. The Labute approximate surface area is 97.0 Å². The van der Waals surface area contributed by atoms with E-state index in [2.05, 4.69) is 13.0 Å². The lowest BCUT2D eigenvalue weighted by Crippen LogP contribution is -2.37. The van der Waals surface area contributed by atoms with Crippen molar-refractivity contribution >= 4 is 11.8 Å². The molecule has 0 rings (SSSR count). The maximum Gasteiger partial charge on any atom is 0.104 e. The lowest BCUT2D eigenvalue weighted by Gasteiger charge is -2.19. The number of thioether (sulfide) groups is 1. The van der Waals surface area contributed by atoms with Crippen LogP contribution >= 0.6 is 11.8 Å². The summed E-state index contributed by atoms with van der Waals surface area (Å²) in [5, 5.41) is 18.1. The van der Waals surface area contributed by atoms with Crippen molar-refractivity contribution in [3.8, 4) is 6.07 Å². The van der Waals surface area contributed by atoms with Crippen molar-refractivity contribution in [1.29, 1.82) is 5.26 Å². The van der Waals surface area contributed by atoms with Crippen LogP contribution in [0.4, 0.5) is 0 Å². The summed E-state index contributed by atoms with van der Waals surface area (Å²) in [5.41, 5.74) is 5.22. The average Bonchev–Trinajstić information content (AvgIpc) is 2.24. The minimum Gasteiger partial charge on any atom is -0.396 e. The van der Waals surface area contributed by atoms with Gasteiger partial charge in [0.1, 0.15) is 5.54 Å². The van der Waals surface area contributed by atoms with Crippen molar-refractivity contribution in [1.82, 2.24) is 0 Å². The second-order valence-corrected chi connectivity index (χ2v) is 5.47. The molecule has 0 radical (unpaired) electrons. The lowest BCUT2D eigenvalue weighted by atomic mass is 9.94. The predicted octanol–water partition coefficient (Wildman–Crippen LogP) is 1.90. The van der Waals surface area contributed by atoms with Crippen molar-refractivity contribution < 1.29 is 5.11 Å². The molecule has 15 heavy (non-hydrogen) atoms. The van der Waals surface area contributed by atoms with E-state index in [0.29, 0.717) is 11.7 Å². The van der Waals surface area contributed by atoms with Crippen LogP contribution in [0.2, 0.25) is 0 Å². The molecule has 2 unspecified atom stereocenters. The highest BCUT2D eigenvalue weighted by molar-refractivity contribution is 7.99. The van der Waals surface area contributed by atoms with E-state index >= 15 is 0 Å². The van der Waals surface area contributed by atoms with Crippen LogP contribution in [0.1, 0.15) is 39.5 Å². The Morgan fingerprint density at radius 1 is 1.60 bits per heavy atom. The maximum absolute atomic E-state index is 8.86. The van der Waals surface area contributed by atoms with Crippen molar-refractivity contribution in [3.63, 3.8) is 0 Å². The fourth-order valence-electron chi connectivity index (χ4n) is 1.25. The topological polar surface area (TPSA) is 70.0 Å². The van der Waals surface area contributed by atoms with Crippen LogP contribution in [0.25, 0.3) is 0 Å². The van der Waals surface area contributed by atoms with E-state index in [0.717, 1.165) is 25.0 Å². The second kappa shape index (κ2) is 7.98. The third kappa shape index (κ3) is 6.77. The van der Waals surface area contributed by atoms with E-state index in [1.54, 1.807) is 0 Å². The fourth-order valence-corrected chi connectivity index (χ4v) is 2.23. The zero-order valence-corrected chi connectivity index (χ0v) is 10.5. The van der Waals surface area contributed by atoms with Crippen LogP contribution < -0.4 is 5.73 Å². The molecule has 0 heterocycles. The first kappa shape index (κ1) is 14.8. The summed E-state index contributed by atoms with van der Waals surface area (Å²) < 4.78 is 0. The van der Waals surface area contributed by atoms with Crippen molar-refractivity contribution in [2.45, 2.75) is 50.3 Å². The zero-order chi connectivity index (χ0) is 11.7. The normalized spacial score (nSPS) is 16.7. The van der Waals surface area contributed by atoms with E-state index in [4.69, 9.17) is 16.1 Å². The molecule has 0 saturated heterocycles. The minimum atomic E-state index is -0.638. The molecular formula is C11H22N2OS. The van der Waals surface area contributed by atoms with Gasteiger partial charge in [-0.3, -0.25) is 0 Å². The van der Waals surface area contributed by atoms with Gasteiger partial charge in [0.05, 0.1) is 6.07 Å². The van der Waals surface area contributed by atoms with Crippen LogP contribution in [0.15, 0.2) is 0 Å². The molecule has 0 aromatic rings. The van der Waals surface area contributed by atoms with Gasteiger partial charge in [-0.05, 0) is 31.4 Å². The quantitative estimate of drug-likeness (QED) is 0.625. The SMILES string of the molecule is CCC(N)(C#N)CCCSC(C)CCO. The molecule has 0 aromatic heterocycles. The third-order valence-electron chi connectivity index (χ3n) is 2.56. The molecule has 2 atom stereocenters. The minimum absolute atomic E-state index is 0.252. The van der Waals surface area contributed by atoms with Gasteiger partial charge in [0.25, 0.3) is 0 Å². The van der Waals surface area contributed by atoms with Crippen LogP contribution in [0.5, 0.6) is 0 Å². The van der Waals surface area contributed by atoms with E-state index in [-0.39, 0.29) is 6.61 Å². The summed E-state index contributed by atoms with van der Waals surface area (Å²) in [6, 6.07) is 2.17. The number of nitriles is 1. The molecule has 4 heteroatoms. The summed E-state index contributed by atoms with van der Waals surface area (Å²) in [6.45, 7) is 4.31. The molecule has 0 fully saturated rings. The van der Waals surface area contributed by atoms with Crippen LogP contribution in [-0.4, -0.2) is 28.3 Å². The Morgan fingerprint density at radius 3 is 2.73 bits per heavy atom.